The molecule has 0 spiro atoms. The summed E-state index contributed by atoms with van der Waals surface area (Å²) in [6.45, 7) is 1.85. The van der Waals surface area contributed by atoms with Crippen LogP contribution in [0, 0.1) is 11.0 Å². The van der Waals surface area contributed by atoms with Crippen LogP contribution in [-0.4, -0.2) is 0 Å². The van der Waals surface area contributed by atoms with E-state index < -0.39 is 5.82 Å². The van der Waals surface area contributed by atoms with Crippen LogP contribution in [0.2, 0.25) is 0 Å². The topological polar surface area (TPSA) is 26.9 Å². The Labute approximate surface area is 58.5 Å². The number of aryl methyl sites for hydroxylation is 1. The Morgan fingerprint density at radius 3 is 2.80 bits per heavy atom. The molecule has 0 saturated carbocycles. The Balaban J connectivity index is 3.07. The molecule has 0 aromatic carbocycles. The molecule has 0 N–H and O–H groups in total. The quantitative estimate of drug-likeness (QED) is 0.423. The van der Waals surface area contributed by atoms with E-state index in [9.17, 15) is 9.60 Å². The maximum Gasteiger partial charge on any atom is 0.216 e. The Morgan fingerprint density at radius 2 is 2.30 bits per heavy atom. The number of rotatable bonds is 1. The van der Waals surface area contributed by atoms with E-state index in [2.05, 4.69) is 0 Å². The zero-order valence-electron chi connectivity index (χ0n) is 5.67. The van der Waals surface area contributed by atoms with Crippen molar-refractivity contribution in [2.75, 3.05) is 0 Å². The first-order valence-corrected chi connectivity index (χ1v) is 3.11. The minimum absolute atomic E-state index is 0.493. The maximum atomic E-state index is 12.3. The molecule has 0 aliphatic carbocycles. The normalized spacial score (nSPS) is 9.80. The van der Waals surface area contributed by atoms with Crippen LogP contribution in [0.3, 0.4) is 0 Å². The van der Waals surface area contributed by atoms with Crippen LogP contribution in [0.5, 0.6) is 0 Å². The third-order valence-electron chi connectivity index (χ3n) is 1.32. The number of hydrogen-bond acceptors (Lipinski definition) is 1. The first-order chi connectivity index (χ1) is 4.74. The van der Waals surface area contributed by atoms with Crippen molar-refractivity contribution in [3.05, 3.63) is 35.0 Å². The molecule has 10 heavy (non-hydrogen) atoms. The van der Waals surface area contributed by atoms with Crippen molar-refractivity contribution in [2.45, 2.75) is 13.3 Å². The summed E-state index contributed by atoms with van der Waals surface area (Å²) in [5.41, 5.74) is 0.585. The largest absolute Gasteiger partial charge is 0.618 e. The third kappa shape index (κ3) is 1.23. The molecular weight excluding hydrogens is 133 g/mol. The highest BCUT2D eigenvalue weighted by Crippen LogP contribution is 1.95. The van der Waals surface area contributed by atoms with Crippen molar-refractivity contribution in [1.29, 1.82) is 0 Å². The summed E-state index contributed by atoms with van der Waals surface area (Å²) >= 11 is 0. The van der Waals surface area contributed by atoms with Gasteiger partial charge in [-0.25, -0.2) is 4.39 Å². The smallest absolute Gasteiger partial charge is 0.216 e. The first kappa shape index (κ1) is 6.99. The fourth-order valence-electron chi connectivity index (χ4n) is 0.761. The minimum Gasteiger partial charge on any atom is -0.618 e. The molecule has 54 valence electrons. The van der Waals surface area contributed by atoms with E-state index in [0.717, 1.165) is 6.20 Å². The third-order valence-corrected chi connectivity index (χ3v) is 1.32. The monoisotopic (exact) mass is 141 g/mol. The van der Waals surface area contributed by atoms with E-state index in [-0.39, 0.29) is 0 Å². The zero-order valence-corrected chi connectivity index (χ0v) is 5.67. The Bertz CT molecular complexity index is 237. The van der Waals surface area contributed by atoms with Crippen LogP contribution in [-0.2, 0) is 6.42 Å². The fraction of sp³-hybridized carbons (Fsp3) is 0.286. The number of aromatic nitrogens is 1. The molecule has 0 amide bonds. The lowest BCUT2D eigenvalue weighted by atomic mass is 10.3. The van der Waals surface area contributed by atoms with Crippen LogP contribution in [0.1, 0.15) is 12.6 Å². The minimum atomic E-state index is -0.493. The summed E-state index contributed by atoms with van der Waals surface area (Å²) in [5, 5.41) is 10.7. The molecule has 1 aromatic rings. The summed E-state index contributed by atoms with van der Waals surface area (Å²) in [6, 6.07) is 2.77. The maximum absolute atomic E-state index is 12.3. The lowest BCUT2D eigenvalue weighted by Gasteiger charge is -1.99. The summed E-state index contributed by atoms with van der Waals surface area (Å²) in [7, 11) is 0. The average Bonchev–Trinajstić information content (AvgIpc) is 1.88. The average molecular weight is 141 g/mol. The molecule has 1 heterocycles. The molecule has 3 heteroatoms. The highest BCUT2D eigenvalue weighted by Gasteiger charge is 2.01. The lowest BCUT2D eigenvalue weighted by molar-refractivity contribution is -0.615. The van der Waals surface area contributed by atoms with Crippen LogP contribution in [0.4, 0.5) is 4.39 Å². The van der Waals surface area contributed by atoms with Gasteiger partial charge in [0.15, 0.2) is 11.5 Å². The first-order valence-electron chi connectivity index (χ1n) is 3.11. The summed E-state index contributed by atoms with van der Waals surface area (Å²) < 4.78 is 12.8. The van der Waals surface area contributed by atoms with E-state index in [4.69, 9.17) is 0 Å². The predicted molar refractivity (Wildman–Crippen MR) is 34.7 cm³/mol. The summed E-state index contributed by atoms with van der Waals surface area (Å²) in [5.74, 6) is -0.493. The molecule has 0 atom stereocenters. The number of pyridine rings is 1. The van der Waals surface area contributed by atoms with Gasteiger partial charge in [-0.05, 0) is 6.07 Å². The summed E-state index contributed by atoms with van der Waals surface area (Å²) in [6.07, 6.45) is 1.56. The van der Waals surface area contributed by atoms with Crippen molar-refractivity contribution in [3.8, 4) is 0 Å². The molecule has 0 aliphatic heterocycles. The van der Waals surface area contributed by atoms with Gasteiger partial charge in [-0.2, -0.15) is 4.73 Å². The molecular formula is C7H8FNO. The van der Waals surface area contributed by atoms with Gasteiger partial charge < -0.3 is 5.21 Å². The van der Waals surface area contributed by atoms with Crippen LogP contribution in [0.15, 0.2) is 18.3 Å². The van der Waals surface area contributed by atoms with Crippen molar-refractivity contribution < 1.29 is 9.12 Å². The van der Waals surface area contributed by atoms with E-state index >= 15 is 0 Å². The van der Waals surface area contributed by atoms with Crippen molar-refractivity contribution in [3.63, 3.8) is 0 Å². The Morgan fingerprint density at radius 1 is 1.60 bits per heavy atom. The van der Waals surface area contributed by atoms with Crippen molar-refractivity contribution in [1.82, 2.24) is 0 Å². The van der Waals surface area contributed by atoms with Gasteiger partial charge >= 0.3 is 0 Å². The SMILES string of the molecule is CCc1ccc(F)c[n+]1[O-]. The van der Waals surface area contributed by atoms with Crippen LogP contribution in [0.25, 0.3) is 0 Å². The zero-order chi connectivity index (χ0) is 7.56. The van der Waals surface area contributed by atoms with Gasteiger partial charge in [0.25, 0.3) is 0 Å². The van der Waals surface area contributed by atoms with Gasteiger partial charge in [-0.3, -0.25) is 0 Å². The standard InChI is InChI=1S/C7H8FNO/c1-2-7-4-3-6(8)5-9(7)10/h3-5H,2H2,1H3. The Hall–Kier alpha value is -1.12. The number of halogens is 1. The van der Waals surface area contributed by atoms with Gasteiger partial charge in [0.05, 0.1) is 0 Å². The van der Waals surface area contributed by atoms with E-state index in [1.165, 1.54) is 12.1 Å². The van der Waals surface area contributed by atoms with Gasteiger partial charge in [0.1, 0.15) is 0 Å². The van der Waals surface area contributed by atoms with Gasteiger partial charge in [-0.1, -0.05) is 6.92 Å². The number of nitrogens with zero attached hydrogens (tertiary/aromatic N) is 1. The second kappa shape index (κ2) is 2.64. The van der Waals surface area contributed by atoms with E-state index in [0.29, 0.717) is 16.8 Å². The highest BCUT2D eigenvalue weighted by atomic mass is 19.1. The summed E-state index contributed by atoms with van der Waals surface area (Å²) in [4.78, 5) is 0. The second-order valence-corrected chi connectivity index (χ2v) is 2.02. The molecule has 2 nitrogen and oxygen atoms in total. The van der Waals surface area contributed by atoms with Gasteiger partial charge in [0, 0.05) is 12.5 Å². The molecule has 0 aliphatic rings. The van der Waals surface area contributed by atoms with Gasteiger partial charge in [-0.15, -0.1) is 0 Å². The highest BCUT2D eigenvalue weighted by molar-refractivity contribution is 4.98. The molecule has 0 bridgehead atoms. The molecule has 0 unspecified atom stereocenters. The molecule has 1 aromatic heterocycles. The lowest BCUT2D eigenvalue weighted by Crippen LogP contribution is -2.31. The molecule has 1 rings (SSSR count). The molecule has 0 saturated heterocycles. The second-order valence-electron chi connectivity index (χ2n) is 2.02. The van der Waals surface area contributed by atoms with Crippen LogP contribution >= 0.6 is 0 Å². The predicted octanol–water partition coefficient (Wildman–Crippen LogP) is 1.02. The number of hydrogen-bond donors (Lipinski definition) is 0. The van der Waals surface area contributed by atoms with Crippen LogP contribution < -0.4 is 4.73 Å². The van der Waals surface area contributed by atoms with Gasteiger partial charge in [0.2, 0.25) is 6.20 Å². The van der Waals surface area contributed by atoms with Crippen molar-refractivity contribution >= 4 is 0 Å². The Kier molecular flexibility index (Phi) is 1.85. The van der Waals surface area contributed by atoms with E-state index in [1.54, 1.807) is 0 Å². The fourth-order valence-corrected chi connectivity index (χ4v) is 0.761. The van der Waals surface area contributed by atoms with Crippen molar-refractivity contribution in [2.24, 2.45) is 0 Å². The molecule has 0 fully saturated rings. The van der Waals surface area contributed by atoms with E-state index in [1.807, 2.05) is 6.92 Å². The molecule has 0 radical (unpaired) electrons.